The number of nitrogens with zero attached hydrogens (tertiary/aromatic N) is 5. The second kappa shape index (κ2) is 22.1. The van der Waals surface area contributed by atoms with Crippen molar-refractivity contribution in [2.24, 2.45) is 9.98 Å². The van der Waals surface area contributed by atoms with Crippen LogP contribution in [0.25, 0.3) is 0 Å². The Hall–Kier alpha value is -3.72. The van der Waals surface area contributed by atoms with Crippen LogP contribution >= 0.6 is 23.5 Å². The molecule has 0 radical (unpaired) electrons. The van der Waals surface area contributed by atoms with E-state index in [1.54, 1.807) is 11.8 Å². The molecule has 4 aliphatic heterocycles. The summed E-state index contributed by atoms with van der Waals surface area (Å²) in [4.78, 5) is 22.3. The Kier molecular flexibility index (Phi) is 16.5. The smallest absolute Gasteiger partial charge is 0.137 e. The molecular weight excluding hydrogens is 729 g/mol. The maximum Gasteiger partial charge on any atom is 0.137 e. The summed E-state index contributed by atoms with van der Waals surface area (Å²) in [5.74, 6) is 2.20. The molecule has 4 aromatic carbocycles. The van der Waals surface area contributed by atoms with Crippen molar-refractivity contribution in [1.29, 1.82) is 0 Å². The third kappa shape index (κ3) is 11.7. The van der Waals surface area contributed by atoms with E-state index in [4.69, 9.17) is 29.7 Å². The zero-order valence-electron chi connectivity index (χ0n) is 31.8. The Morgan fingerprint density at radius 1 is 0.564 bits per heavy atom. The van der Waals surface area contributed by atoms with E-state index in [2.05, 4.69) is 117 Å². The lowest BCUT2D eigenvalue weighted by molar-refractivity contribution is 0.0652. The van der Waals surface area contributed by atoms with Crippen LogP contribution in [0.3, 0.4) is 0 Å². The van der Waals surface area contributed by atoms with Crippen molar-refractivity contribution in [2.45, 2.75) is 32.9 Å². The summed E-state index contributed by atoms with van der Waals surface area (Å²) in [6, 6.07) is 33.9. The molecule has 8 rings (SSSR count). The second-order valence-electron chi connectivity index (χ2n) is 13.2. The van der Waals surface area contributed by atoms with Gasteiger partial charge in [0.1, 0.15) is 11.7 Å². The molecule has 0 amide bonds. The monoisotopic (exact) mass is 782 g/mol. The third-order valence-electron chi connectivity index (χ3n) is 9.34. The molecule has 0 saturated carbocycles. The summed E-state index contributed by atoms with van der Waals surface area (Å²) in [6.45, 7) is 13.5. The molecule has 292 valence electrons. The molecule has 0 unspecified atom stereocenters. The molecule has 3 N–H and O–H groups in total. The van der Waals surface area contributed by atoms with Crippen molar-refractivity contribution in [3.8, 4) is 0 Å². The first-order valence-electron chi connectivity index (χ1n) is 19.4. The number of nitrogens with one attached hydrogen (secondary N) is 1. The quantitative estimate of drug-likeness (QED) is 0.166. The molecule has 0 aliphatic carbocycles. The van der Waals surface area contributed by atoms with Crippen molar-refractivity contribution in [1.82, 2.24) is 20.0 Å². The van der Waals surface area contributed by atoms with Crippen molar-refractivity contribution >= 4 is 46.6 Å². The zero-order valence-corrected chi connectivity index (χ0v) is 33.4. The lowest BCUT2D eigenvalue weighted by atomic mass is 10.1. The number of hydrogen-bond donors (Lipinski definition) is 3. The Labute approximate surface area is 334 Å². The molecule has 10 nitrogen and oxygen atoms in total. The lowest BCUT2D eigenvalue weighted by Crippen LogP contribution is -2.49. The minimum atomic E-state index is 0.0898. The summed E-state index contributed by atoms with van der Waals surface area (Å²) in [5.41, 5.74) is 4.60. The van der Waals surface area contributed by atoms with Crippen LogP contribution in [0.4, 0.5) is 11.4 Å². The van der Waals surface area contributed by atoms with Crippen LogP contribution in [0.2, 0.25) is 0 Å². The highest BCUT2D eigenvalue weighted by atomic mass is 32.2. The molecule has 0 spiro atoms. The highest BCUT2D eigenvalue weighted by Crippen LogP contribution is 2.41. The first-order chi connectivity index (χ1) is 27.2. The van der Waals surface area contributed by atoms with E-state index in [1.165, 1.54) is 30.7 Å². The summed E-state index contributed by atoms with van der Waals surface area (Å²) >= 11 is 3.61. The molecule has 0 bridgehead atoms. The fourth-order valence-electron chi connectivity index (χ4n) is 6.55. The number of ether oxygens (including phenoxy) is 2. The zero-order chi connectivity index (χ0) is 38.1. The van der Waals surface area contributed by atoms with Crippen LogP contribution in [0.5, 0.6) is 0 Å². The van der Waals surface area contributed by atoms with Gasteiger partial charge in [-0.3, -0.25) is 4.90 Å². The van der Waals surface area contributed by atoms with Crippen LogP contribution in [0.15, 0.2) is 127 Å². The Morgan fingerprint density at radius 2 is 1.02 bits per heavy atom. The summed E-state index contributed by atoms with van der Waals surface area (Å²) in [5, 5.41) is 20.4. The maximum absolute atomic E-state index is 8.79. The molecule has 2 saturated heterocycles. The van der Waals surface area contributed by atoms with Crippen molar-refractivity contribution in [2.75, 3.05) is 98.5 Å². The molecule has 55 heavy (non-hydrogen) atoms. The number of para-hydroxylation sites is 2. The van der Waals surface area contributed by atoms with Crippen molar-refractivity contribution in [3.05, 3.63) is 108 Å². The number of hydrogen-bond acceptors (Lipinski definition) is 12. The summed E-state index contributed by atoms with van der Waals surface area (Å²) in [6.07, 6.45) is 1.03. The molecule has 4 aromatic rings. The van der Waals surface area contributed by atoms with Crippen LogP contribution < -0.4 is 5.32 Å². The normalized spacial score (nSPS) is 16.3. The topological polar surface area (TPSA) is 105 Å². The van der Waals surface area contributed by atoms with Gasteiger partial charge in [0.2, 0.25) is 0 Å². The van der Waals surface area contributed by atoms with Gasteiger partial charge in [-0.15, -0.1) is 0 Å². The molecule has 12 heteroatoms. The average Bonchev–Trinajstić information content (AvgIpc) is 3.52. The number of aliphatic hydroxyl groups is 2. The van der Waals surface area contributed by atoms with Gasteiger partial charge in [-0.2, -0.15) is 0 Å². The summed E-state index contributed by atoms with van der Waals surface area (Å²) < 4.78 is 10.3. The largest absolute Gasteiger partial charge is 0.394 e. The predicted molar refractivity (Wildman–Crippen MR) is 225 cm³/mol. The molecular formula is C43H54N6O4S2. The van der Waals surface area contributed by atoms with Crippen molar-refractivity contribution < 1.29 is 19.7 Å². The van der Waals surface area contributed by atoms with Crippen molar-refractivity contribution in [3.63, 3.8) is 0 Å². The Bertz CT molecular complexity index is 1840. The molecule has 2 fully saturated rings. The predicted octanol–water partition coefficient (Wildman–Crippen LogP) is 6.40. The number of piperazine rings is 2. The van der Waals surface area contributed by atoms with Gasteiger partial charge in [0.15, 0.2) is 0 Å². The van der Waals surface area contributed by atoms with Gasteiger partial charge in [0.05, 0.1) is 44.4 Å². The number of fused-ring (bicyclic) bond motifs is 4. The standard InChI is InChI=1S/C21H25N3O2S.C17H17N3S.C5H12O2/c25-14-16-26-15-13-23-9-11-24(12-10-23)21-17-5-1-3-7-19(17)27-20-8-4-2-6-18(20)22-21;1-3-7-15-13(5-1)17(20-11-9-18-10-12-20)19-14-6-2-4-8-16(14)21-15;1-2-4-7-5-3-6/h1-8,25H,9-16H2;1-8,18H,9-12H2;6H,2-5H2,1H3. The Morgan fingerprint density at radius 3 is 1.53 bits per heavy atom. The average molecular weight is 783 g/mol. The molecule has 4 heterocycles. The minimum Gasteiger partial charge on any atom is -0.394 e. The van der Waals surface area contributed by atoms with E-state index in [1.807, 2.05) is 18.7 Å². The van der Waals surface area contributed by atoms with Crippen LogP contribution in [0, 0.1) is 0 Å². The van der Waals surface area contributed by atoms with Crippen LogP contribution in [-0.2, 0) is 9.47 Å². The van der Waals surface area contributed by atoms with Gasteiger partial charge in [0.25, 0.3) is 0 Å². The van der Waals surface area contributed by atoms with E-state index in [0.717, 1.165) is 95.0 Å². The van der Waals surface area contributed by atoms with E-state index >= 15 is 0 Å². The van der Waals surface area contributed by atoms with Gasteiger partial charge < -0.3 is 34.8 Å². The number of benzene rings is 4. The Balaban J connectivity index is 0.000000163. The first-order valence-corrected chi connectivity index (χ1v) is 21.0. The SMILES string of the molecule is CCCOCCO.OCCOCCN1CCN(C2=Nc3ccccc3Sc3ccccc32)CC1.c1ccc2c(c1)N=C(N1CCNCC1)c1ccccc1S2. The van der Waals surface area contributed by atoms with E-state index in [9.17, 15) is 0 Å². The second-order valence-corrected chi connectivity index (χ2v) is 15.4. The van der Waals surface area contributed by atoms with Crippen LogP contribution in [-0.4, -0.2) is 135 Å². The summed E-state index contributed by atoms with van der Waals surface area (Å²) in [7, 11) is 0. The fraction of sp³-hybridized carbons (Fsp3) is 0.395. The molecule has 4 aliphatic rings. The van der Waals surface area contributed by atoms with Gasteiger partial charge >= 0.3 is 0 Å². The van der Waals surface area contributed by atoms with Gasteiger partial charge in [-0.25, -0.2) is 9.98 Å². The van der Waals surface area contributed by atoms with E-state index in [0.29, 0.717) is 19.8 Å². The maximum atomic E-state index is 8.79. The van der Waals surface area contributed by atoms with E-state index < -0.39 is 0 Å². The lowest BCUT2D eigenvalue weighted by Gasteiger charge is -2.36. The highest BCUT2D eigenvalue weighted by molar-refractivity contribution is 7.99. The number of rotatable bonds is 9. The fourth-order valence-corrected chi connectivity index (χ4v) is 8.59. The minimum absolute atomic E-state index is 0.0898. The number of aliphatic imine (C=N–C) groups is 2. The molecule has 0 atom stereocenters. The van der Waals surface area contributed by atoms with E-state index in [-0.39, 0.29) is 13.2 Å². The third-order valence-corrected chi connectivity index (χ3v) is 11.6. The van der Waals surface area contributed by atoms with Gasteiger partial charge in [-0.1, -0.05) is 91.1 Å². The number of aliphatic hydroxyl groups excluding tert-OH is 2. The van der Waals surface area contributed by atoms with Gasteiger partial charge in [0, 0.05) is 96.2 Å². The highest BCUT2D eigenvalue weighted by Gasteiger charge is 2.25. The first kappa shape index (κ1) is 40.9. The van der Waals surface area contributed by atoms with Gasteiger partial charge in [-0.05, 0) is 42.8 Å². The number of amidine groups is 2. The molecule has 0 aromatic heterocycles. The van der Waals surface area contributed by atoms with Crippen LogP contribution in [0.1, 0.15) is 24.5 Å².